The highest BCUT2D eigenvalue weighted by molar-refractivity contribution is 5.94. The summed E-state index contributed by atoms with van der Waals surface area (Å²) in [6.07, 6.45) is 1.83. The van der Waals surface area contributed by atoms with E-state index in [1.54, 1.807) is 29.2 Å². The van der Waals surface area contributed by atoms with Crippen molar-refractivity contribution in [2.75, 3.05) is 13.1 Å². The Kier molecular flexibility index (Phi) is 4.76. The highest BCUT2D eigenvalue weighted by Crippen LogP contribution is 2.25. The normalized spacial score (nSPS) is 17.6. The van der Waals surface area contributed by atoms with Crippen molar-refractivity contribution >= 4 is 5.91 Å². The van der Waals surface area contributed by atoms with Crippen molar-refractivity contribution in [3.05, 3.63) is 59.7 Å². The second-order valence-electron chi connectivity index (χ2n) is 5.85. The lowest BCUT2D eigenvalue weighted by atomic mass is 10.1. The van der Waals surface area contributed by atoms with Crippen LogP contribution in [-0.4, -0.2) is 29.9 Å². The molecule has 1 aliphatic heterocycles. The fourth-order valence-electron chi connectivity index (χ4n) is 2.73. The molecule has 0 bridgehead atoms. The number of piperidine rings is 1. The maximum absolute atomic E-state index is 13.6. The highest BCUT2D eigenvalue weighted by atomic mass is 19.1. The molecule has 0 spiro atoms. The number of nitrogens with two attached hydrogens (primary N) is 1. The van der Waals surface area contributed by atoms with Gasteiger partial charge in [0.15, 0.2) is 11.6 Å². The van der Waals surface area contributed by atoms with E-state index in [4.69, 9.17) is 10.5 Å². The zero-order valence-electron chi connectivity index (χ0n) is 13.0. The molecular weight excluding hydrogens is 314 g/mol. The number of carbonyl (C=O) groups is 1. The molecular formula is C18H18F2N2O2. The lowest BCUT2D eigenvalue weighted by Crippen LogP contribution is -2.45. The second-order valence-corrected chi connectivity index (χ2v) is 5.85. The van der Waals surface area contributed by atoms with Crippen LogP contribution in [0.25, 0.3) is 0 Å². The molecule has 1 amide bonds. The van der Waals surface area contributed by atoms with Crippen LogP contribution in [0.1, 0.15) is 23.2 Å². The van der Waals surface area contributed by atoms with Gasteiger partial charge in [-0.25, -0.2) is 8.78 Å². The van der Waals surface area contributed by atoms with Gasteiger partial charge in [0.1, 0.15) is 11.6 Å². The zero-order valence-corrected chi connectivity index (χ0v) is 13.0. The third kappa shape index (κ3) is 3.71. The summed E-state index contributed by atoms with van der Waals surface area (Å²) in [6, 6.07) is 9.53. The van der Waals surface area contributed by atoms with Crippen LogP contribution in [0.15, 0.2) is 42.5 Å². The highest BCUT2D eigenvalue weighted by Gasteiger charge is 2.22. The lowest BCUT2D eigenvalue weighted by Gasteiger charge is -2.30. The molecule has 0 saturated carbocycles. The maximum Gasteiger partial charge on any atom is 0.253 e. The predicted octanol–water partition coefficient (Wildman–Crippen LogP) is 3.32. The number of likely N-dealkylation sites (tertiary alicyclic amines) is 1. The summed E-state index contributed by atoms with van der Waals surface area (Å²) in [5, 5.41) is 0. The van der Waals surface area contributed by atoms with Crippen LogP contribution in [0.3, 0.4) is 0 Å². The van der Waals surface area contributed by atoms with Gasteiger partial charge in [0, 0.05) is 30.8 Å². The molecule has 0 aliphatic carbocycles. The summed E-state index contributed by atoms with van der Waals surface area (Å²) >= 11 is 0. The molecule has 1 atom stereocenters. The van der Waals surface area contributed by atoms with Crippen LogP contribution < -0.4 is 10.5 Å². The van der Waals surface area contributed by atoms with Crippen molar-refractivity contribution in [2.24, 2.45) is 5.73 Å². The fraction of sp³-hybridized carbons (Fsp3) is 0.278. The fourth-order valence-corrected chi connectivity index (χ4v) is 2.73. The molecule has 3 rings (SSSR count). The summed E-state index contributed by atoms with van der Waals surface area (Å²) in [7, 11) is 0. The van der Waals surface area contributed by atoms with Crippen LogP contribution >= 0.6 is 0 Å². The standard InChI is InChI=1S/C18H18F2N2O2/c19-13-5-8-17(16(20)10-13)24-15-6-3-12(4-7-15)18(23)22-9-1-2-14(21)11-22/h3-8,10,14H,1-2,9,11,21H2. The summed E-state index contributed by atoms with van der Waals surface area (Å²) in [5.41, 5.74) is 6.42. The molecule has 2 aromatic rings. The molecule has 24 heavy (non-hydrogen) atoms. The third-order valence-corrected chi connectivity index (χ3v) is 3.97. The van der Waals surface area contributed by atoms with E-state index < -0.39 is 11.6 Å². The number of amides is 1. The summed E-state index contributed by atoms with van der Waals surface area (Å²) in [5.74, 6) is -1.23. The van der Waals surface area contributed by atoms with E-state index >= 15 is 0 Å². The first kappa shape index (κ1) is 16.4. The number of hydrogen-bond acceptors (Lipinski definition) is 3. The molecule has 1 aliphatic rings. The first-order valence-electron chi connectivity index (χ1n) is 7.81. The summed E-state index contributed by atoms with van der Waals surface area (Å²) in [4.78, 5) is 14.2. The Morgan fingerprint density at radius 3 is 2.58 bits per heavy atom. The van der Waals surface area contributed by atoms with Crippen molar-refractivity contribution in [3.8, 4) is 11.5 Å². The third-order valence-electron chi connectivity index (χ3n) is 3.97. The second kappa shape index (κ2) is 6.97. The Hall–Kier alpha value is -2.47. The molecule has 0 radical (unpaired) electrons. The van der Waals surface area contributed by atoms with Crippen molar-refractivity contribution in [2.45, 2.75) is 18.9 Å². The van der Waals surface area contributed by atoms with Gasteiger partial charge in [0.25, 0.3) is 5.91 Å². The molecule has 2 aromatic carbocycles. The Morgan fingerprint density at radius 1 is 1.17 bits per heavy atom. The minimum Gasteiger partial charge on any atom is -0.454 e. The smallest absolute Gasteiger partial charge is 0.253 e. The van der Waals surface area contributed by atoms with Gasteiger partial charge >= 0.3 is 0 Å². The van der Waals surface area contributed by atoms with E-state index in [1.807, 2.05) is 0 Å². The number of ether oxygens (including phenoxy) is 1. The number of rotatable bonds is 3. The molecule has 4 nitrogen and oxygen atoms in total. The lowest BCUT2D eigenvalue weighted by molar-refractivity contribution is 0.0709. The molecule has 126 valence electrons. The summed E-state index contributed by atoms with van der Waals surface area (Å²) < 4.78 is 31.8. The van der Waals surface area contributed by atoms with Crippen molar-refractivity contribution in [1.29, 1.82) is 0 Å². The van der Waals surface area contributed by atoms with Crippen LogP contribution in [0.2, 0.25) is 0 Å². The van der Waals surface area contributed by atoms with Crippen LogP contribution in [0.5, 0.6) is 11.5 Å². The quantitative estimate of drug-likeness (QED) is 0.938. The van der Waals surface area contributed by atoms with Crippen LogP contribution in [0, 0.1) is 11.6 Å². The number of carbonyl (C=O) groups excluding carboxylic acids is 1. The molecule has 0 aromatic heterocycles. The zero-order chi connectivity index (χ0) is 17.1. The van der Waals surface area contributed by atoms with E-state index in [1.165, 1.54) is 6.07 Å². The Labute approximate surface area is 138 Å². The van der Waals surface area contributed by atoms with Gasteiger partial charge in [-0.05, 0) is 49.2 Å². The van der Waals surface area contributed by atoms with Gasteiger partial charge in [0.05, 0.1) is 0 Å². The van der Waals surface area contributed by atoms with E-state index in [-0.39, 0.29) is 17.7 Å². The van der Waals surface area contributed by atoms with E-state index in [0.717, 1.165) is 25.0 Å². The molecule has 2 N–H and O–H groups in total. The van der Waals surface area contributed by atoms with Crippen LogP contribution in [0.4, 0.5) is 8.78 Å². The SMILES string of the molecule is NC1CCCN(C(=O)c2ccc(Oc3ccc(F)cc3F)cc2)C1. The van der Waals surface area contributed by atoms with Gasteiger partial charge in [-0.1, -0.05) is 0 Å². The molecule has 6 heteroatoms. The maximum atomic E-state index is 13.6. The van der Waals surface area contributed by atoms with Crippen molar-refractivity contribution in [1.82, 2.24) is 4.90 Å². The predicted molar refractivity (Wildman–Crippen MR) is 86.0 cm³/mol. The van der Waals surface area contributed by atoms with E-state index in [0.29, 0.717) is 24.4 Å². The van der Waals surface area contributed by atoms with Gasteiger partial charge < -0.3 is 15.4 Å². The monoisotopic (exact) mass is 332 g/mol. The average Bonchev–Trinajstić information content (AvgIpc) is 2.57. The Bertz CT molecular complexity index is 734. The Morgan fingerprint density at radius 2 is 1.92 bits per heavy atom. The number of hydrogen-bond donors (Lipinski definition) is 1. The summed E-state index contributed by atoms with van der Waals surface area (Å²) in [6.45, 7) is 1.25. The van der Waals surface area contributed by atoms with Gasteiger partial charge in [0.2, 0.25) is 0 Å². The van der Waals surface area contributed by atoms with Crippen molar-refractivity contribution in [3.63, 3.8) is 0 Å². The van der Waals surface area contributed by atoms with Gasteiger partial charge in [-0.3, -0.25) is 4.79 Å². The molecule has 1 saturated heterocycles. The Balaban J connectivity index is 1.69. The number of nitrogens with zero attached hydrogens (tertiary/aromatic N) is 1. The van der Waals surface area contributed by atoms with Crippen molar-refractivity contribution < 1.29 is 18.3 Å². The van der Waals surface area contributed by atoms with E-state index in [2.05, 4.69) is 0 Å². The first-order valence-corrected chi connectivity index (χ1v) is 7.81. The molecule has 1 unspecified atom stereocenters. The largest absolute Gasteiger partial charge is 0.454 e. The van der Waals surface area contributed by atoms with Gasteiger partial charge in [-0.15, -0.1) is 0 Å². The minimum atomic E-state index is -0.780. The molecule has 1 heterocycles. The number of halogens is 2. The first-order chi connectivity index (χ1) is 11.5. The number of benzene rings is 2. The topological polar surface area (TPSA) is 55.6 Å². The van der Waals surface area contributed by atoms with E-state index in [9.17, 15) is 13.6 Å². The van der Waals surface area contributed by atoms with Gasteiger partial charge in [-0.2, -0.15) is 0 Å². The average molecular weight is 332 g/mol. The molecule has 1 fully saturated rings. The van der Waals surface area contributed by atoms with Crippen LogP contribution in [-0.2, 0) is 0 Å². The minimum absolute atomic E-state index is 0.0201.